The van der Waals surface area contributed by atoms with Crippen molar-refractivity contribution in [3.63, 3.8) is 0 Å². The molecule has 0 saturated carbocycles. The fourth-order valence-corrected chi connectivity index (χ4v) is 3.88. The van der Waals surface area contributed by atoms with E-state index in [0.29, 0.717) is 28.2 Å². The molecular formula is C20H20ClN3O3. The van der Waals surface area contributed by atoms with Crippen molar-refractivity contribution >= 4 is 28.6 Å². The quantitative estimate of drug-likeness (QED) is 0.706. The minimum absolute atomic E-state index is 0.0302. The highest BCUT2D eigenvalue weighted by Crippen LogP contribution is 2.29. The molecule has 0 bridgehead atoms. The van der Waals surface area contributed by atoms with E-state index in [4.69, 9.17) is 16.0 Å². The molecule has 1 fully saturated rings. The number of aromatic amines is 1. The summed E-state index contributed by atoms with van der Waals surface area (Å²) in [7, 11) is 0. The number of carbonyl (C=O) groups excluding carboxylic acids is 1. The number of oxazole rings is 1. The second-order valence-electron chi connectivity index (χ2n) is 6.72. The first-order valence-corrected chi connectivity index (χ1v) is 9.39. The number of hydrogen-bond donors (Lipinski definition) is 2. The van der Waals surface area contributed by atoms with Crippen LogP contribution in [0.25, 0.3) is 11.1 Å². The Balaban J connectivity index is 1.53. The summed E-state index contributed by atoms with van der Waals surface area (Å²) in [5.74, 6) is -0.731. The number of benzene rings is 2. The number of halogens is 1. The summed E-state index contributed by atoms with van der Waals surface area (Å²) in [6, 6.07) is 12.7. The van der Waals surface area contributed by atoms with Crippen LogP contribution in [0.3, 0.4) is 0 Å². The molecule has 1 saturated heterocycles. The third kappa shape index (κ3) is 3.77. The SMILES string of the molecule is O=C(NCC(c1ccccc1Cl)N1CCCC1)c1ccc2oc(=O)[nH]c2c1. The normalized spacial score (nSPS) is 15.9. The van der Waals surface area contributed by atoms with E-state index in [-0.39, 0.29) is 11.9 Å². The second-order valence-corrected chi connectivity index (χ2v) is 7.12. The van der Waals surface area contributed by atoms with Gasteiger partial charge in [0.1, 0.15) is 0 Å². The average Bonchev–Trinajstić information content (AvgIpc) is 3.31. The van der Waals surface area contributed by atoms with Gasteiger partial charge in [0.05, 0.1) is 11.6 Å². The number of H-pyrrole nitrogens is 1. The first kappa shape index (κ1) is 17.8. The third-order valence-corrected chi connectivity index (χ3v) is 5.33. The Morgan fingerprint density at radius 1 is 1.22 bits per heavy atom. The number of hydrogen-bond acceptors (Lipinski definition) is 4. The largest absolute Gasteiger partial charge is 0.417 e. The van der Waals surface area contributed by atoms with Crippen molar-refractivity contribution in [3.05, 3.63) is 69.2 Å². The van der Waals surface area contributed by atoms with E-state index >= 15 is 0 Å². The van der Waals surface area contributed by atoms with Gasteiger partial charge >= 0.3 is 5.76 Å². The van der Waals surface area contributed by atoms with E-state index < -0.39 is 5.76 Å². The molecule has 1 aliphatic heterocycles. The van der Waals surface area contributed by atoms with Crippen LogP contribution >= 0.6 is 11.6 Å². The molecule has 1 aliphatic rings. The van der Waals surface area contributed by atoms with E-state index in [2.05, 4.69) is 15.2 Å². The van der Waals surface area contributed by atoms with Crippen LogP contribution in [0, 0.1) is 0 Å². The molecule has 2 N–H and O–H groups in total. The lowest BCUT2D eigenvalue weighted by Gasteiger charge is -2.29. The van der Waals surface area contributed by atoms with Crippen LogP contribution in [0.4, 0.5) is 0 Å². The molecule has 0 aliphatic carbocycles. The van der Waals surface area contributed by atoms with Gasteiger partial charge in [-0.25, -0.2) is 4.79 Å². The molecular weight excluding hydrogens is 366 g/mol. The van der Waals surface area contributed by atoms with Crippen molar-refractivity contribution in [1.29, 1.82) is 0 Å². The second kappa shape index (κ2) is 7.58. The van der Waals surface area contributed by atoms with Crippen LogP contribution in [0.2, 0.25) is 5.02 Å². The maximum Gasteiger partial charge on any atom is 0.417 e. The lowest BCUT2D eigenvalue weighted by Crippen LogP contribution is -2.37. The van der Waals surface area contributed by atoms with E-state index in [1.807, 2.05) is 24.3 Å². The van der Waals surface area contributed by atoms with Crippen molar-refractivity contribution in [3.8, 4) is 0 Å². The van der Waals surface area contributed by atoms with Gasteiger partial charge in [-0.05, 0) is 55.8 Å². The van der Waals surface area contributed by atoms with Gasteiger partial charge in [0, 0.05) is 17.1 Å². The van der Waals surface area contributed by atoms with Gasteiger partial charge in [-0.1, -0.05) is 29.8 Å². The number of nitrogens with one attached hydrogen (secondary N) is 2. The van der Waals surface area contributed by atoms with Crippen LogP contribution in [-0.4, -0.2) is 35.4 Å². The number of fused-ring (bicyclic) bond motifs is 1. The highest BCUT2D eigenvalue weighted by Gasteiger charge is 2.25. The average molecular weight is 386 g/mol. The zero-order chi connectivity index (χ0) is 18.8. The smallest absolute Gasteiger partial charge is 0.408 e. The van der Waals surface area contributed by atoms with Crippen LogP contribution in [-0.2, 0) is 0 Å². The third-order valence-electron chi connectivity index (χ3n) is 4.98. The summed E-state index contributed by atoms with van der Waals surface area (Å²) in [5, 5.41) is 3.72. The molecule has 4 rings (SSSR count). The van der Waals surface area contributed by atoms with E-state index in [1.165, 1.54) is 0 Å². The Kier molecular flexibility index (Phi) is 5.01. The molecule has 2 heterocycles. The van der Waals surface area contributed by atoms with Crippen LogP contribution < -0.4 is 11.1 Å². The van der Waals surface area contributed by atoms with E-state index in [9.17, 15) is 9.59 Å². The molecule has 1 atom stereocenters. The molecule has 2 aromatic carbocycles. The minimum atomic E-state index is -0.532. The topological polar surface area (TPSA) is 78.3 Å². The first-order valence-electron chi connectivity index (χ1n) is 9.01. The fourth-order valence-electron chi connectivity index (χ4n) is 3.62. The molecule has 140 valence electrons. The van der Waals surface area contributed by atoms with Gasteiger partial charge in [-0.15, -0.1) is 0 Å². The van der Waals surface area contributed by atoms with Crippen LogP contribution in [0.15, 0.2) is 51.7 Å². The number of nitrogens with zero attached hydrogens (tertiary/aromatic N) is 1. The van der Waals surface area contributed by atoms with E-state index in [1.54, 1.807) is 18.2 Å². The highest BCUT2D eigenvalue weighted by atomic mass is 35.5. The van der Waals surface area contributed by atoms with Crippen molar-refractivity contribution in [1.82, 2.24) is 15.2 Å². The van der Waals surface area contributed by atoms with Crippen molar-refractivity contribution < 1.29 is 9.21 Å². The van der Waals surface area contributed by atoms with Gasteiger partial charge in [-0.2, -0.15) is 0 Å². The minimum Gasteiger partial charge on any atom is -0.408 e. The molecule has 6 nitrogen and oxygen atoms in total. The maximum absolute atomic E-state index is 12.6. The van der Waals surface area contributed by atoms with Crippen molar-refractivity contribution in [2.24, 2.45) is 0 Å². The molecule has 3 aromatic rings. The number of amides is 1. The molecule has 27 heavy (non-hydrogen) atoms. The predicted molar refractivity (Wildman–Crippen MR) is 104 cm³/mol. The van der Waals surface area contributed by atoms with Gasteiger partial charge in [0.2, 0.25) is 0 Å². The fraction of sp³-hybridized carbons (Fsp3) is 0.300. The Morgan fingerprint density at radius 2 is 2.00 bits per heavy atom. The van der Waals surface area contributed by atoms with Gasteiger partial charge in [0.25, 0.3) is 5.91 Å². The summed E-state index contributed by atoms with van der Waals surface area (Å²) in [5.41, 5.74) is 2.44. The summed E-state index contributed by atoms with van der Waals surface area (Å²) < 4.78 is 4.98. The monoisotopic (exact) mass is 385 g/mol. The Morgan fingerprint density at radius 3 is 2.78 bits per heavy atom. The van der Waals surface area contributed by atoms with Gasteiger partial charge in [-0.3, -0.25) is 14.7 Å². The Hall–Kier alpha value is -2.57. The summed E-state index contributed by atoms with van der Waals surface area (Å²) in [6.07, 6.45) is 2.30. The number of aromatic nitrogens is 1. The first-order chi connectivity index (χ1) is 13.1. The molecule has 0 spiro atoms. The van der Waals surface area contributed by atoms with Crippen molar-refractivity contribution in [2.75, 3.05) is 19.6 Å². The van der Waals surface area contributed by atoms with Crippen LogP contribution in [0.5, 0.6) is 0 Å². The molecule has 1 aromatic heterocycles. The Bertz CT molecular complexity index is 1020. The highest BCUT2D eigenvalue weighted by molar-refractivity contribution is 6.31. The summed E-state index contributed by atoms with van der Waals surface area (Å²) >= 11 is 6.41. The van der Waals surface area contributed by atoms with Crippen LogP contribution in [0.1, 0.15) is 34.8 Å². The molecule has 0 radical (unpaired) electrons. The Labute approximate surface area is 161 Å². The zero-order valence-electron chi connectivity index (χ0n) is 14.7. The van der Waals surface area contributed by atoms with E-state index in [0.717, 1.165) is 31.5 Å². The number of carbonyl (C=O) groups is 1. The predicted octanol–water partition coefficient (Wildman–Crippen LogP) is 3.34. The lowest BCUT2D eigenvalue weighted by atomic mass is 10.0. The van der Waals surface area contributed by atoms with Gasteiger partial charge in [0.15, 0.2) is 5.58 Å². The standard InChI is InChI=1S/C20H20ClN3O3/c21-15-6-2-1-5-14(15)17(24-9-3-4-10-24)12-22-19(25)13-7-8-18-16(11-13)23-20(26)27-18/h1-2,5-8,11,17H,3-4,9-10,12H2,(H,22,25)(H,23,26). The lowest BCUT2D eigenvalue weighted by molar-refractivity contribution is 0.0938. The number of likely N-dealkylation sites (tertiary alicyclic amines) is 1. The summed E-state index contributed by atoms with van der Waals surface area (Å²) in [6.45, 7) is 2.45. The molecule has 1 unspecified atom stereocenters. The van der Waals surface area contributed by atoms with Crippen molar-refractivity contribution in [2.45, 2.75) is 18.9 Å². The molecule has 1 amide bonds. The maximum atomic E-state index is 12.6. The molecule has 7 heteroatoms. The number of rotatable bonds is 5. The van der Waals surface area contributed by atoms with Gasteiger partial charge < -0.3 is 9.73 Å². The zero-order valence-corrected chi connectivity index (χ0v) is 15.5. The summed E-state index contributed by atoms with van der Waals surface area (Å²) in [4.78, 5) is 28.9.